The average Bonchev–Trinajstić information content (AvgIpc) is 2.69. The predicted octanol–water partition coefficient (Wildman–Crippen LogP) is 2.72. The Balaban J connectivity index is 1.92. The summed E-state index contributed by atoms with van der Waals surface area (Å²) in [5.41, 5.74) is 4.09. The molecule has 0 aliphatic rings. The minimum absolute atomic E-state index is 0.0997. The van der Waals surface area contributed by atoms with E-state index < -0.39 is 23.1 Å². The van der Waals surface area contributed by atoms with Gasteiger partial charge in [-0.3, -0.25) is 4.79 Å². The highest BCUT2D eigenvalue weighted by molar-refractivity contribution is 5.85. The lowest BCUT2D eigenvalue weighted by Gasteiger charge is -2.11. The van der Waals surface area contributed by atoms with Crippen LogP contribution >= 0.6 is 0 Å². The van der Waals surface area contributed by atoms with E-state index >= 15 is 0 Å². The normalized spacial score (nSPS) is 13.0. The van der Waals surface area contributed by atoms with Crippen LogP contribution in [-0.4, -0.2) is 32.3 Å². The number of aliphatic hydroxyl groups is 1. The fourth-order valence-electron chi connectivity index (χ4n) is 2.88. The summed E-state index contributed by atoms with van der Waals surface area (Å²) in [4.78, 5) is 19.8. The summed E-state index contributed by atoms with van der Waals surface area (Å²) in [6, 6.07) is 3.61. The van der Waals surface area contributed by atoms with Crippen LogP contribution in [0.5, 0.6) is 0 Å². The largest absolute Gasteiger partial charge is 0.419 e. The van der Waals surface area contributed by atoms with Crippen molar-refractivity contribution in [1.82, 2.24) is 14.5 Å². The van der Waals surface area contributed by atoms with E-state index in [9.17, 15) is 22.4 Å². The van der Waals surface area contributed by atoms with Crippen molar-refractivity contribution in [3.05, 3.63) is 58.5 Å². The van der Waals surface area contributed by atoms with Crippen molar-refractivity contribution in [2.24, 2.45) is 5.73 Å². The Hall–Kier alpha value is -2.85. The number of aliphatic hydroxyl groups excluding tert-OH is 1. The van der Waals surface area contributed by atoms with Gasteiger partial charge in [-0.2, -0.15) is 13.2 Å². The molecule has 0 saturated heterocycles. The molecule has 29 heavy (non-hydrogen) atoms. The summed E-state index contributed by atoms with van der Waals surface area (Å²) in [5.74, 6) is -1.02. The molecule has 6 nitrogen and oxygen atoms in total. The molecule has 3 N–H and O–H groups in total. The maximum absolute atomic E-state index is 14.6. The van der Waals surface area contributed by atoms with E-state index in [1.54, 1.807) is 12.3 Å². The molecule has 3 aromatic rings. The highest BCUT2D eigenvalue weighted by Crippen LogP contribution is 2.29. The third-order valence-corrected chi connectivity index (χ3v) is 4.49. The molecule has 1 aromatic carbocycles. The number of benzene rings is 1. The lowest BCUT2D eigenvalue weighted by Crippen LogP contribution is -2.26. The lowest BCUT2D eigenvalue weighted by molar-refractivity contribution is -0.138. The molecule has 0 aliphatic carbocycles. The molecule has 10 heteroatoms. The zero-order chi connectivity index (χ0) is 21.2. The van der Waals surface area contributed by atoms with E-state index in [1.807, 2.05) is 0 Å². The van der Waals surface area contributed by atoms with E-state index in [0.717, 1.165) is 6.07 Å². The van der Waals surface area contributed by atoms with Gasteiger partial charge in [0.2, 0.25) is 0 Å². The second kappa shape index (κ2) is 8.26. The third kappa shape index (κ3) is 4.60. The minimum atomic E-state index is -4.59. The maximum atomic E-state index is 14.6. The van der Waals surface area contributed by atoms with E-state index in [4.69, 9.17) is 10.8 Å². The topological polar surface area (TPSA) is 94.0 Å². The van der Waals surface area contributed by atoms with Crippen LogP contribution in [0.25, 0.3) is 22.2 Å². The molecule has 1 atom stereocenters. The van der Waals surface area contributed by atoms with Crippen molar-refractivity contribution in [1.29, 1.82) is 0 Å². The number of rotatable bonds is 6. The van der Waals surface area contributed by atoms with Crippen LogP contribution < -0.4 is 11.3 Å². The number of alkyl halides is 3. The number of halogens is 4. The molecular weight excluding hydrogens is 392 g/mol. The third-order valence-electron chi connectivity index (χ3n) is 4.49. The number of hydrogen-bond donors (Lipinski definition) is 2. The van der Waals surface area contributed by atoms with Crippen LogP contribution in [0.4, 0.5) is 17.6 Å². The SMILES string of the molecule is N[C@@H](CO)CCCn1ccc2cc(-c3ncc(C(F)(F)F)cn3)c(F)cc2c1=O. The van der Waals surface area contributed by atoms with E-state index in [2.05, 4.69) is 9.97 Å². The molecule has 0 spiro atoms. The molecule has 0 bridgehead atoms. The van der Waals surface area contributed by atoms with E-state index in [1.165, 1.54) is 10.6 Å². The highest BCUT2D eigenvalue weighted by Gasteiger charge is 2.31. The molecule has 0 amide bonds. The van der Waals surface area contributed by atoms with Crippen LogP contribution in [0.3, 0.4) is 0 Å². The summed E-state index contributed by atoms with van der Waals surface area (Å²) in [6.07, 6.45) is -0.786. The first-order valence-electron chi connectivity index (χ1n) is 8.79. The van der Waals surface area contributed by atoms with E-state index in [0.29, 0.717) is 37.2 Å². The molecule has 2 aromatic heterocycles. The summed E-state index contributed by atoms with van der Waals surface area (Å²) in [5, 5.41) is 9.48. The standard InChI is InChI=1S/C19H18F4N4O2/c20-16-7-14-11(3-5-27(18(14)29)4-1-2-13(24)10-28)6-15(16)17-25-8-12(9-26-17)19(21,22)23/h3,5-9,13,28H,1-2,4,10,24H2/t13-/m1/s1. The van der Waals surface area contributed by atoms with Crippen molar-refractivity contribution in [2.75, 3.05) is 6.61 Å². The maximum Gasteiger partial charge on any atom is 0.419 e. The molecule has 0 fully saturated rings. The zero-order valence-electron chi connectivity index (χ0n) is 15.2. The fraction of sp³-hybridized carbons (Fsp3) is 0.316. The van der Waals surface area contributed by atoms with Crippen molar-refractivity contribution in [2.45, 2.75) is 31.6 Å². The molecule has 2 heterocycles. The molecule has 154 valence electrons. The second-order valence-electron chi connectivity index (χ2n) is 6.61. The summed E-state index contributed by atoms with van der Waals surface area (Å²) >= 11 is 0. The van der Waals surface area contributed by atoms with Crippen molar-refractivity contribution in [3.8, 4) is 11.4 Å². The Morgan fingerprint density at radius 2 is 1.90 bits per heavy atom. The number of aromatic nitrogens is 3. The monoisotopic (exact) mass is 410 g/mol. The first-order valence-corrected chi connectivity index (χ1v) is 8.79. The smallest absolute Gasteiger partial charge is 0.395 e. The van der Waals surface area contributed by atoms with Crippen LogP contribution in [0.2, 0.25) is 0 Å². The highest BCUT2D eigenvalue weighted by atomic mass is 19.4. The molecule has 0 saturated carbocycles. The number of nitrogens with zero attached hydrogens (tertiary/aromatic N) is 3. The van der Waals surface area contributed by atoms with Gasteiger partial charge in [-0.25, -0.2) is 14.4 Å². The van der Waals surface area contributed by atoms with Gasteiger partial charge in [0.15, 0.2) is 5.82 Å². The van der Waals surface area contributed by atoms with E-state index in [-0.39, 0.29) is 29.4 Å². The quantitative estimate of drug-likeness (QED) is 0.610. The van der Waals surface area contributed by atoms with Gasteiger partial charge in [0.05, 0.1) is 23.1 Å². The summed E-state index contributed by atoms with van der Waals surface area (Å²) in [7, 11) is 0. The van der Waals surface area contributed by atoms with Crippen molar-refractivity contribution >= 4 is 10.8 Å². The molecule has 0 aliphatic heterocycles. The Kier molecular flexibility index (Phi) is 5.94. The van der Waals surface area contributed by atoms with Gasteiger partial charge in [-0.15, -0.1) is 0 Å². The minimum Gasteiger partial charge on any atom is -0.395 e. The van der Waals surface area contributed by atoms with Gasteiger partial charge >= 0.3 is 6.18 Å². The van der Waals surface area contributed by atoms with Crippen LogP contribution in [0, 0.1) is 5.82 Å². The van der Waals surface area contributed by atoms with Crippen molar-refractivity contribution in [3.63, 3.8) is 0 Å². The van der Waals surface area contributed by atoms with Gasteiger partial charge in [-0.05, 0) is 36.4 Å². The first-order chi connectivity index (χ1) is 13.7. The van der Waals surface area contributed by atoms with Crippen molar-refractivity contribution < 1.29 is 22.7 Å². The van der Waals surface area contributed by atoms with Crippen LogP contribution in [0.1, 0.15) is 18.4 Å². The number of hydrogen-bond acceptors (Lipinski definition) is 5. The predicted molar refractivity (Wildman–Crippen MR) is 98.5 cm³/mol. The summed E-state index contributed by atoms with van der Waals surface area (Å²) < 4.78 is 53.9. The summed E-state index contributed by atoms with van der Waals surface area (Å²) in [6.45, 7) is 0.209. The lowest BCUT2D eigenvalue weighted by atomic mass is 10.1. The Labute approximate surface area is 162 Å². The number of nitrogens with two attached hydrogens (primary N) is 1. The zero-order valence-corrected chi connectivity index (χ0v) is 15.2. The number of aryl methyl sites for hydroxylation is 1. The fourth-order valence-corrected chi connectivity index (χ4v) is 2.88. The van der Waals surface area contributed by atoms with Gasteiger partial charge in [0, 0.05) is 31.2 Å². The Morgan fingerprint density at radius 1 is 1.21 bits per heavy atom. The molecular formula is C19H18F4N4O2. The Morgan fingerprint density at radius 3 is 2.52 bits per heavy atom. The van der Waals surface area contributed by atoms with Crippen LogP contribution in [0.15, 0.2) is 41.6 Å². The Bertz CT molecular complexity index is 1060. The number of pyridine rings is 1. The van der Waals surface area contributed by atoms with Gasteiger partial charge in [0.1, 0.15) is 5.82 Å². The van der Waals surface area contributed by atoms with Gasteiger partial charge < -0.3 is 15.4 Å². The van der Waals surface area contributed by atoms with Crippen LogP contribution in [-0.2, 0) is 12.7 Å². The molecule has 3 rings (SSSR count). The molecule has 0 radical (unpaired) electrons. The van der Waals surface area contributed by atoms with Gasteiger partial charge in [-0.1, -0.05) is 0 Å². The van der Waals surface area contributed by atoms with Gasteiger partial charge in [0.25, 0.3) is 5.56 Å². The first kappa shape index (κ1) is 20.9. The number of fused-ring (bicyclic) bond motifs is 1. The molecule has 0 unspecified atom stereocenters. The second-order valence-corrected chi connectivity index (χ2v) is 6.61. The average molecular weight is 410 g/mol.